The first kappa shape index (κ1) is 26.7. The molecule has 2 N–H and O–H groups in total. The quantitative estimate of drug-likeness (QED) is 0.211. The molecule has 0 aromatic heterocycles. The smallest absolute Gasteiger partial charge is 0.295 e. The van der Waals surface area contributed by atoms with Gasteiger partial charge in [-0.25, -0.2) is 0 Å². The highest BCUT2D eigenvalue weighted by Crippen LogP contribution is 2.40. The van der Waals surface area contributed by atoms with E-state index in [1.165, 1.54) is 4.90 Å². The van der Waals surface area contributed by atoms with Crippen LogP contribution in [-0.2, 0) is 16.0 Å². The van der Waals surface area contributed by atoms with Crippen molar-refractivity contribution in [2.45, 2.75) is 59.1 Å². The van der Waals surface area contributed by atoms with Crippen LogP contribution in [-0.4, -0.2) is 60.6 Å². The van der Waals surface area contributed by atoms with Crippen LogP contribution in [0.4, 0.5) is 0 Å². The number of likely N-dealkylation sites (N-methyl/N-ethyl adjacent to an activating group) is 1. The summed E-state index contributed by atoms with van der Waals surface area (Å²) in [5, 5.41) is 11.4. The van der Waals surface area contributed by atoms with Gasteiger partial charge in [0.2, 0.25) is 0 Å². The number of unbranched alkanes of at least 4 members (excludes halogenated alkanes) is 1. The van der Waals surface area contributed by atoms with Gasteiger partial charge in [-0.1, -0.05) is 25.5 Å². The molecule has 37 heavy (non-hydrogen) atoms. The highest BCUT2D eigenvalue weighted by molar-refractivity contribution is 6.46. The maximum Gasteiger partial charge on any atom is 0.295 e. The van der Waals surface area contributed by atoms with Crippen LogP contribution in [0.2, 0.25) is 0 Å². The van der Waals surface area contributed by atoms with E-state index in [1.54, 1.807) is 11.0 Å². The number of amides is 1. The van der Waals surface area contributed by atoms with Crippen molar-refractivity contribution in [2.24, 2.45) is 0 Å². The number of carbonyl (C=O) groups excluding carboxylic acids is 2. The third-order valence-corrected chi connectivity index (χ3v) is 7.38. The van der Waals surface area contributed by atoms with Gasteiger partial charge in [-0.15, -0.1) is 0 Å². The first-order valence-corrected chi connectivity index (χ1v) is 13.5. The van der Waals surface area contributed by atoms with Crippen LogP contribution in [0.3, 0.4) is 0 Å². The Kier molecular flexibility index (Phi) is 8.54. The summed E-state index contributed by atoms with van der Waals surface area (Å²) in [4.78, 5) is 29.6. The van der Waals surface area contributed by atoms with Gasteiger partial charge in [0.05, 0.1) is 44.4 Å². The summed E-state index contributed by atoms with van der Waals surface area (Å²) in [6.07, 6.45) is 2.83. The summed E-state index contributed by atoms with van der Waals surface area (Å²) in [6, 6.07) is 12.3. The van der Waals surface area contributed by atoms with Gasteiger partial charge in [0.25, 0.3) is 11.7 Å². The van der Waals surface area contributed by atoms with Crippen molar-refractivity contribution in [3.63, 3.8) is 0 Å². The predicted octanol–water partition coefficient (Wildman–Crippen LogP) is 3.54. The topological polar surface area (TPSA) is 80.5 Å². The number of benzene rings is 2. The molecule has 2 atom stereocenters. The number of likely N-dealkylation sites (tertiary alicyclic amines) is 1. The average Bonchev–Trinajstić information content (AvgIpc) is 3.40. The number of hydrogen-bond donors (Lipinski definition) is 2. The fourth-order valence-corrected chi connectivity index (χ4v) is 5.14. The number of aliphatic hydroxyl groups is 1. The SMILES string of the molecule is CCCCOc1ccc([C@@H]2C(=C(O)c3ccc4c(c3)C[C@@H](C)O4)C(=O)C(=O)N2CC[NH+](CC)CC)cc1. The lowest BCUT2D eigenvalue weighted by Gasteiger charge is -2.27. The number of rotatable bonds is 11. The number of Topliss-reactive ketones (excluding diaryl/α,β-unsaturated/α-hetero) is 1. The third-order valence-electron chi connectivity index (χ3n) is 7.38. The third kappa shape index (κ3) is 5.67. The number of nitrogens with one attached hydrogen (secondary N) is 1. The Hall–Kier alpha value is -3.32. The summed E-state index contributed by atoms with van der Waals surface area (Å²) in [6.45, 7) is 12.0. The molecule has 2 aromatic rings. The Bertz CT molecular complexity index is 1150. The van der Waals surface area contributed by atoms with Gasteiger partial charge in [0.1, 0.15) is 23.4 Å². The molecule has 1 fully saturated rings. The van der Waals surface area contributed by atoms with E-state index in [9.17, 15) is 14.7 Å². The minimum Gasteiger partial charge on any atom is -0.507 e. The number of nitrogens with zero attached hydrogens (tertiary/aromatic N) is 1. The second-order valence-corrected chi connectivity index (χ2v) is 9.93. The Balaban J connectivity index is 1.72. The summed E-state index contributed by atoms with van der Waals surface area (Å²) in [7, 11) is 0. The van der Waals surface area contributed by atoms with Crippen LogP contribution in [0.25, 0.3) is 5.76 Å². The Morgan fingerprint density at radius 3 is 2.51 bits per heavy atom. The van der Waals surface area contributed by atoms with Gasteiger partial charge in [-0.2, -0.15) is 0 Å². The van der Waals surface area contributed by atoms with Gasteiger partial charge >= 0.3 is 0 Å². The lowest BCUT2D eigenvalue weighted by atomic mass is 9.94. The Labute approximate surface area is 219 Å². The molecule has 0 spiro atoms. The van der Waals surface area contributed by atoms with Crippen molar-refractivity contribution >= 4 is 17.4 Å². The highest BCUT2D eigenvalue weighted by atomic mass is 16.5. The van der Waals surface area contributed by atoms with Gasteiger partial charge in [-0.3, -0.25) is 9.59 Å². The van der Waals surface area contributed by atoms with E-state index in [0.29, 0.717) is 18.7 Å². The molecule has 2 heterocycles. The molecule has 0 bridgehead atoms. The average molecular weight is 508 g/mol. The van der Waals surface area contributed by atoms with E-state index in [0.717, 1.165) is 61.5 Å². The molecule has 0 saturated carbocycles. The van der Waals surface area contributed by atoms with Crippen LogP contribution in [0.1, 0.15) is 63.3 Å². The number of hydrogen-bond acceptors (Lipinski definition) is 5. The summed E-state index contributed by atoms with van der Waals surface area (Å²) in [5.74, 6) is 0.174. The number of carbonyl (C=O) groups is 2. The van der Waals surface area contributed by atoms with Crippen molar-refractivity contribution in [3.8, 4) is 11.5 Å². The Morgan fingerprint density at radius 1 is 1.11 bits per heavy atom. The zero-order valence-electron chi connectivity index (χ0n) is 22.4. The molecule has 7 heteroatoms. The maximum absolute atomic E-state index is 13.4. The summed E-state index contributed by atoms with van der Waals surface area (Å²) in [5.41, 5.74) is 2.41. The van der Waals surface area contributed by atoms with Crippen LogP contribution >= 0.6 is 0 Å². The number of ketones is 1. The summed E-state index contributed by atoms with van der Waals surface area (Å²) < 4.78 is 11.6. The van der Waals surface area contributed by atoms with Gasteiger partial charge in [0, 0.05) is 12.0 Å². The second kappa shape index (κ2) is 11.8. The molecule has 198 valence electrons. The molecule has 4 rings (SSSR count). The number of aliphatic hydroxyl groups excluding tert-OH is 1. The molecule has 7 nitrogen and oxygen atoms in total. The van der Waals surface area contributed by atoms with Crippen LogP contribution < -0.4 is 14.4 Å². The molecular weight excluding hydrogens is 468 g/mol. The zero-order valence-corrected chi connectivity index (χ0v) is 22.4. The largest absolute Gasteiger partial charge is 0.507 e. The first-order chi connectivity index (χ1) is 17.9. The van der Waals surface area contributed by atoms with E-state index in [1.807, 2.05) is 43.3 Å². The molecule has 2 aromatic carbocycles. The lowest BCUT2D eigenvalue weighted by molar-refractivity contribution is -0.895. The van der Waals surface area contributed by atoms with Crippen molar-refractivity contribution < 1.29 is 29.1 Å². The fraction of sp³-hybridized carbons (Fsp3) is 0.467. The maximum atomic E-state index is 13.4. The van der Waals surface area contributed by atoms with Crippen LogP contribution in [0.5, 0.6) is 11.5 Å². The lowest BCUT2D eigenvalue weighted by Crippen LogP contribution is -3.12. The normalized spacial score (nSPS) is 20.4. The van der Waals surface area contributed by atoms with Gasteiger partial charge in [0.15, 0.2) is 0 Å². The minimum atomic E-state index is -0.664. The zero-order chi connectivity index (χ0) is 26.5. The molecular formula is C30H39N2O5+. The number of quaternary nitrogens is 1. The van der Waals surface area contributed by atoms with E-state index in [4.69, 9.17) is 9.47 Å². The van der Waals surface area contributed by atoms with Crippen molar-refractivity contribution in [3.05, 3.63) is 64.7 Å². The number of fused-ring (bicyclic) bond motifs is 1. The molecule has 2 aliphatic heterocycles. The Morgan fingerprint density at radius 2 is 1.84 bits per heavy atom. The highest BCUT2D eigenvalue weighted by Gasteiger charge is 2.46. The molecule has 0 radical (unpaired) electrons. The van der Waals surface area contributed by atoms with Crippen LogP contribution in [0.15, 0.2) is 48.0 Å². The van der Waals surface area contributed by atoms with Crippen molar-refractivity contribution in [2.75, 3.05) is 32.8 Å². The van der Waals surface area contributed by atoms with Gasteiger partial charge < -0.3 is 24.4 Å². The summed E-state index contributed by atoms with van der Waals surface area (Å²) >= 11 is 0. The van der Waals surface area contributed by atoms with E-state index >= 15 is 0 Å². The molecule has 2 aliphatic rings. The molecule has 1 amide bonds. The molecule has 0 unspecified atom stereocenters. The van der Waals surface area contributed by atoms with E-state index < -0.39 is 17.7 Å². The van der Waals surface area contributed by atoms with E-state index in [2.05, 4.69) is 20.8 Å². The monoisotopic (exact) mass is 507 g/mol. The van der Waals surface area contributed by atoms with Crippen LogP contribution in [0, 0.1) is 0 Å². The van der Waals surface area contributed by atoms with Gasteiger partial charge in [-0.05, 0) is 68.7 Å². The first-order valence-electron chi connectivity index (χ1n) is 13.5. The van der Waals surface area contributed by atoms with Crippen molar-refractivity contribution in [1.29, 1.82) is 0 Å². The second-order valence-electron chi connectivity index (χ2n) is 9.93. The predicted molar refractivity (Wildman–Crippen MR) is 143 cm³/mol. The van der Waals surface area contributed by atoms with E-state index in [-0.39, 0.29) is 17.4 Å². The molecule has 0 aliphatic carbocycles. The fourth-order valence-electron chi connectivity index (χ4n) is 5.14. The molecule has 1 saturated heterocycles. The van der Waals surface area contributed by atoms with Crippen molar-refractivity contribution in [1.82, 2.24) is 4.90 Å². The number of ether oxygens (including phenoxy) is 2. The minimum absolute atomic E-state index is 0.0682. The standard InChI is InChI=1S/C30H38N2O5/c1-5-8-17-36-24-12-9-21(10-13-24)27-26(29(34)30(35)32(27)16-15-31(6-2)7-3)28(33)22-11-14-25-23(19-22)18-20(4)37-25/h9-14,19-20,27,33H,5-8,15-18H2,1-4H3/p+1/t20-,27-/m1/s1.